The number of sulfone groups is 1. The van der Waals surface area contributed by atoms with Gasteiger partial charge in [0.25, 0.3) is 5.69 Å². The van der Waals surface area contributed by atoms with Crippen molar-refractivity contribution in [1.29, 1.82) is 0 Å². The predicted octanol–water partition coefficient (Wildman–Crippen LogP) is 3.28. The Balaban J connectivity index is 2.32. The van der Waals surface area contributed by atoms with Crippen molar-refractivity contribution in [1.82, 2.24) is 4.98 Å². The van der Waals surface area contributed by atoms with Gasteiger partial charge in [0.15, 0.2) is 0 Å². The maximum Gasteiger partial charge on any atom is 0.341 e. The average molecular weight is 377 g/mol. The second-order valence-electron chi connectivity index (χ2n) is 4.84. The van der Waals surface area contributed by atoms with Crippen LogP contribution in [0.2, 0.25) is 0 Å². The van der Waals surface area contributed by atoms with Crippen molar-refractivity contribution in [3.63, 3.8) is 0 Å². The number of rotatable bonds is 6. The van der Waals surface area contributed by atoms with E-state index in [-0.39, 0.29) is 12.2 Å². The molecule has 0 radical (unpaired) electrons. The van der Waals surface area contributed by atoms with Crippen molar-refractivity contribution in [3.8, 4) is 0 Å². The number of alkyl halides is 2. The Morgan fingerprint density at radius 1 is 1.38 bits per heavy atom. The van der Waals surface area contributed by atoms with Crippen molar-refractivity contribution in [3.05, 3.63) is 43.9 Å². The lowest BCUT2D eigenvalue weighted by atomic mass is 10.2. The van der Waals surface area contributed by atoms with Crippen molar-refractivity contribution >= 4 is 32.5 Å². The monoisotopic (exact) mass is 377 g/mol. The summed E-state index contributed by atoms with van der Waals surface area (Å²) in [6, 6.07) is 2.64. The first-order valence-electron chi connectivity index (χ1n) is 6.60. The molecule has 1 heterocycles. The Hall–Kier alpha value is -2.14. The third-order valence-electron chi connectivity index (χ3n) is 3.23. The van der Waals surface area contributed by atoms with Crippen LogP contribution in [-0.4, -0.2) is 24.1 Å². The Kier molecular flexibility index (Phi) is 5.13. The summed E-state index contributed by atoms with van der Waals surface area (Å²) in [7, 11) is -4.89. The van der Waals surface area contributed by atoms with Crippen LogP contribution in [0.25, 0.3) is 0 Å². The van der Waals surface area contributed by atoms with E-state index in [1.807, 2.05) is 13.8 Å². The van der Waals surface area contributed by atoms with Crippen molar-refractivity contribution < 1.29 is 22.1 Å². The van der Waals surface area contributed by atoms with Gasteiger partial charge in [0.2, 0.25) is 9.84 Å². The predicted molar refractivity (Wildman–Crippen MR) is 85.2 cm³/mol. The molecule has 0 saturated heterocycles. The molecule has 0 aliphatic heterocycles. The number of benzene rings is 1. The Morgan fingerprint density at radius 2 is 2.04 bits per heavy atom. The molecule has 2 aromatic rings. The number of nitrogens with one attached hydrogen (secondary N) is 1. The Morgan fingerprint density at radius 3 is 2.54 bits per heavy atom. The highest BCUT2D eigenvalue weighted by Crippen LogP contribution is 2.30. The van der Waals surface area contributed by atoms with Crippen LogP contribution in [0.3, 0.4) is 0 Å². The zero-order chi connectivity index (χ0) is 18.1. The van der Waals surface area contributed by atoms with Crippen LogP contribution in [0.4, 0.5) is 20.2 Å². The first kappa shape index (κ1) is 18.2. The summed E-state index contributed by atoms with van der Waals surface area (Å²) >= 11 is 1.42. The molecule has 1 N–H and O–H groups in total. The highest BCUT2D eigenvalue weighted by molar-refractivity contribution is 7.91. The number of nitro benzene ring substituents is 1. The van der Waals surface area contributed by atoms with Gasteiger partial charge in [-0.15, -0.1) is 11.3 Å². The van der Waals surface area contributed by atoms with Gasteiger partial charge in [-0.1, -0.05) is 0 Å². The van der Waals surface area contributed by atoms with Crippen LogP contribution < -0.4 is 5.32 Å². The van der Waals surface area contributed by atoms with Crippen LogP contribution in [0, 0.1) is 24.0 Å². The first-order chi connectivity index (χ1) is 11.1. The summed E-state index contributed by atoms with van der Waals surface area (Å²) in [5.41, 5.74) is 0.283. The van der Waals surface area contributed by atoms with Crippen LogP contribution in [0.5, 0.6) is 0 Å². The average Bonchev–Trinajstić information content (AvgIpc) is 2.83. The lowest BCUT2D eigenvalue weighted by Crippen LogP contribution is -2.12. The summed E-state index contributed by atoms with van der Waals surface area (Å²) < 4.78 is 48.0. The molecule has 0 spiro atoms. The molecule has 24 heavy (non-hydrogen) atoms. The lowest BCUT2D eigenvalue weighted by molar-refractivity contribution is -0.384. The molecule has 7 nitrogen and oxygen atoms in total. The van der Waals surface area contributed by atoms with Gasteiger partial charge in [0.1, 0.15) is 10.7 Å². The molecule has 1 aromatic heterocycles. The summed E-state index contributed by atoms with van der Waals surface area (Å²) in [5.74, 6) is -3.64. The number of thiazole rings is 1. The number of nitro groups is 1. The molecular formula is C13H13F2N3O4S2. The summed E-state index contributed by atoms with van der Waals surface area (Å²) in [5, 5.41) is 14.6. The highest BCUT2D eigenvalue weighted by Gasteiger charge is 2.29. The van der Waals surface area contributed by atoms with E-state index in [0.717, 1.165) is 22.7 Å². The van der Waals surface area contributed by atoms with E-state index < -0.39 is 31.1 Å². The Labute approximate surface area is 140 Å². The molecule has 0 aliphatic carbocycles. The fraction of sp³-hybridized carbons (Fsp3) is 0.308. The van der Waals surface area contributed by atoms with Crippen LogP contribution in [0.15, 0.2) is 23.1 Å². The molecule has 0 bridgehead atoms. The number of aromatic nitrogens is 1. The minimum atomic E-state index is -4.89. The van der Waals surface area contributed by atoms with Gasteiger partial charge in [0.05, 0.1) is 22.1 Å². The fourth-order valence-electron chi connectivity index (χ4n) is 1.88. The van der Waals surface area contributed by atoms with Crippen molar-refractivity contribution in [2.45, 2.75) is 31.0 Å². The van der Waals surface area contributed by atoms with Crippen LogP contribution in [-0.2, 0) is 16.4 Å². The van der Waals surface area contributed by atoms with E-state index in [1.165, 1.54) is 11.3 Å². The molecule has 11 heteroatoms. The molecule has 2 rings (SSSR count). The fourth-order valence-corrected chi connectivity index (χ4v) is 3.49. The topological polar surface area (TPSA) is 102 Å². The molecule has 0 amide bonds. The van der Waals surface area contributed by atoms with E-state index in [0.29, 0.717) is 11.1 Å². The summed E-state index contributed by atoms with van der Waals surface area (Å²) in [6.45, 7) is 3.92. The van der Waals surface area contributed by atoms with E-state index in [4.69, 9.17) is 0 Å². The van der Waals surface area contributed by atoms with Gasteiger partial charge in [0, 0.05) is 10.9 Å². The third-order valence-corrected chi connectivity index (χ3v) is 5.68. The minimum absolute atomic E-state index is 0.0266. The number of hydrogen-bond acceptors (Lipinski definition) is 7. The Bertz CT molecular complexity index is 862. The number of hydrogen-bond donors (Lipinski definition) is 1. The number of halogens is 2. The number of anilines is 1. The smallest absolute Gasteiger partial charge is 0.341 e. The molecule has 0 atom stereocenters. The molecule has 0 fully saturated rings. The summed E-state index contributed by atoms with van der Waals surface area (Å²) in [6.07, 6.45) is 0. The normalized spacial score (nSPS) is 11.7. The zero-order valence-electron chi connectivity index (χ0n) is 12.6. The molecule has 0 aliphatic rings. The molecule has 1 aromatic carbocycles. The van der Waals surface area contributed by atoms with Gasteiger partial charge < -0.3 is 5.32 Å². The molecule has 0 saturated carbocycles. The second kappa shape index (κ2) is 6.77. The van der Waals surface area contributed by atoms with E-state index in [1.54, 1.807) is 0 Å². The number of nitrogens with zero attached hydrogens (tertiary/aromatic N) is 2. The quantitative estimate of drug-likeness (QED) is 0.612. The summed E-state index contributed by atoms with van der Waals surface area (Å²) in [4.78, 5) is 14.8. The third kappa shape index (κ3) is 3.67. The number of aryl methyl sites for hydroxylation is 2. The minimum Gasteiger partial charge on any atom is -0.373 e. The van der Waals surface area contributed by atoms with Crippen LogP contribution >= 0.6 is 11.3 Å². The molecule has 0 unspecified atom stereocenters. The van der Waals surface area contributed by atoms with Crippen LogP contribution in [0.1, 0.15) is 15.6 Å². The standard InChI is InChI=1S/C13H13F2N3O4S2/c1-7-8(2)23-12(17-7)6-16-10-4-3-9(5-11(10)18(19)20)24(21,22)13(14)15/h3-5,13,16H,6H2,1-2H3. The first-order valence-corrected chi connectivity index (χ1v) is 8.96. The zero-order valence-corrected chi connectivity index (χ0v) is 14.2. The van der Waals surface area contributed by atoms with E-state index in [9.17, 15) is 27.3 Å². The lowest BCUT2D eigenvalue weighted by Gasteiger charge is -2.08. The largest absolute Gasteiger partial charge is 0.373 e. The maximum atomic E-state index is 12.6. The SMILES string of the molecule is Cc1nc(CNc2ccc(S(=O)(=O)C(F)F)cc2[N+](=O)[O-])sc1C. The van der Waals surface area contributed by atoms with E-state index >= 15 is 0 Å². The van der Waals surface area contributed by atoms with Crippen molar-refractivity contribution in [2.75, 3.05) is 5.32 Å². The van der Waals surface area contributed by atoms with Gasteiger partial charge in [-0.25, -0.2) is 13.4 Å². The highest BCUT2D eigenvalue weighted by atomic mass is 32.2. The second-order valence-corrected chi connectivity index (χ2v) is 8.05. The van der Waals surface area contributed by atoms with E-state index in [2.05, 4.69) is 10.3 Å². The van der Waals surface area contributed by atoms with Crippen molar-refractivity contribution in [2.24, 2.45) is 0 Å². The van der Waals surface area contributed by atoms with Gasteiger partial charge in [-0.3, -0.25) is 10.1 Å². The maximum absolute atomic E-state index is 12.6. The van der Waals surface area contributed by atoms with Gasteiger partial charge in [-0.05, 0) is 26.0 Å². The molecule has 130 valence electrons. The van der Waals surface area contributed by atoms with Gasteiger partial charge >= 0.3 is 5.76 Å². The van der Waals surface area contributed by atoms with Gasteiger partial charge in [-0.2, -0.15) is 8.78 Å². The molecular weight excluding hydrogens is 364 g/mol.